The van der Waals surface area contributed by atoms with Crippen LogP contribution in [0.1, 0.15) is 19.4 Å². The van der Waals surface area contributed by atoms with Crippen molar-refractivity contribution in [2.45, 2.75) is 25.1 Å². The Hall–Kier alpha value is -0.900. The lowest BCUT2D eigenvalue weighted by Gasteiger charge is -2.16. The number of rotatable bonds is 2. The van der Waals surface area contributed by atoms with E-state index in [2.05, 4.69) is 21.2 Å². The van der Waals surface area contributed by atoms with Gasteiger partial charge in [-0.15, -0.1) is 0 Å². The summed E-state index contributed by atoms with van der Waals surface area (Å²) < 4.78 is 12.4. The minimum atomic E-state index is -0.660. The summed E-state index contributed by atoms with van der Waals surface area (Å²) >= 11 is 3.23. The maximum atomic E-state index is 13.0. The number of carbonyl (C=O) groups is 1. The van der Waals surface area contributed by atoms with Crippen LogP contribution in [0.2, 0.25) is 0 Å². The van der Waals surface area contributed by atoms with Crippen LogP contribution in [0.4, 0.5) is 10.1 Å². The zero-order chi connectivity index (χ0) is 11.6. The molecule has 0 fully saturated rings. The van der Waals surface area contributed by atoms with E-state index in [0.29, 0.717) is 5.69 Å². The van der Waals surface area contributed by atoms with Gasteiger partial charge in [0.15, 0.2) is 0 Å². The summed E-state index contributed by atoms with van der Waals surface area (Å²) in [5, 5.41) is 2.64. The number of hydrogen-bond donors (Lipinski definition) is 1. The normalized spacial score (nSPS) is 11.3. The van der Waals surface area contributed by atoms with Crippen molar-refractivity contribution in [3.05, 3.63) is 29.6 Å². The van der Waals surface area contributed by atoms with Crippen molar-refractivity contribution in [2.75, 3.05) is 5.32 Å². The molecule has 82 valence electrons. The topological polar surface area (TPSA) is 29.1 Å². The molecule has 0 bridgehead atoms. The van der Waals surface area contributed by atoms with Crippen LogP contribution in [0, 0.1) is 12.7 Å². The van der Waals surface area contributed by atoms with Gasteiger partial charge in [0.05, 0.1) is 4.32 Å². The van der Waals surface area contributed by atoms with Crippen molar-refractivity contribution in [3.8, 4) is 0 Å². The molecule has 1 rings (SSSR count). The van der Waals surface area contributed by atoms with Gasteiger partial charge in [0, 0.05) is 5.69 Å². The molecule has 0 radical (unpaired) electrons. The second-order valence-corrected chi connectivity index (χ2v) is 5.93. The largest absolute Gasteiger partial charge is 0.325 e. The molecule has 0 spiro atoms. The fourth-order valence-electron chi connectivity index (χ4n) is 1.09. The van der Waals surface area contributed by atoms with Gasteiger partial charge >= 0.3 is 0 Å². The summed E-state index contributed by atoms with van der Waals surface area (Å²) in [6.45, 7) is 5.24. The average molecular weight is 274 g/mol. The highest BCUT2D eigenvalue weighted by molar-refractivity contribution is 9.10. The monoisotopic (exact) mass is 273 g/mol. The Bertz CT molecular complexity index is 364. The second kappa shape index (κ2) is 4.31. The number of anilines is 1. The van der Waals surface area contributed by atoms with Crippen LogP contribution in [0.25, 0.3) is 0 Å². The molecule has 0 atom stereocenters. The molecule has 0 aliphatic rings. The van der Waals surface area contributed by atoms with Crippen molar-refractivity contribution in [1.29, 1.82) is 0 Å². The van der Waals surface area contributed by atoms with Crippen molar-refractivity contribution in [3.63, 3.8) is 0 Å². The molecule has 4 heteroatoms. The van der Waals surface area contributed by atoms with Gasteiger partial charge in [-0.3, -0.25) is 4.79 Å². The average Bonchev–Trinajstić information content (AvgIpc) is 1.99. The van der Waals surface area contributed by atoms with E-state index in [4.69, 9.17) is 0 Å². The standard InChI is InChI=1S/C11H13BrFNO/c1-7-4-8(13)6-9(5-7)14-10(15)11(2,3)12/h4-6H,1-3H3,(H,14,15). The van der Waals surface area contributed by atoms with E-state index in [9.17, 15) is 9.18 Å². The van der Waals surface area contributed by atoms with Gasteiger partial charge in [0.25, 0.3) is 0 Å². The fraction of sp³-hybridized carbons (Fsp3) is 0.364. The smallest absolute Gasteiger partial charge is 0.240 e. The van der Waals surface area contributed by atoms with Crippen LogP contribution in [0.3, 0.4) is 0 Å². The minimum Gasteiger partial charge on any atom is -0.325 e. The highest BCUT2D eigenvalue weighted by Crippen LogP contribution is 2.20. The Balaban J connectivity index is 2.86. The first kappa shape index (κ1) is 12.2. The van der Waals surface area contributed by atoms with Crippen molar-refractivity contribution in [2.24, 2.45) is 0 Å². The third kappa shape index (κ3) is 3.63. The minimum absolute atomic E-state index is 0.201. The van der Waals surface area contributed by atoms with E-state index < -0.39 is 4.32 Å². The molecular formula is C11H13BrFNO. The maximum Gasteiger partial charge on any atom is 0.240 e. The molecule has 0 aliphatic heterocycles. The molecule has 1 aromatic carbocycles. The Morgan fingerprint density at radius 1 is 1.40 bits per heavy atom. The van der Waals surface area contributed by atoms with Crippen molar-refractivity contribution >= 4 is 27.5 Å². The van der Waals surface area contributed by atoms with E-state index in [0.717, 1.165) is 5.56 Å². The first-order valence-electron chi connectivity index (χ1n) is 4.56. The van der Waals surface area contributed by atoms with Crippen molar-refractivity contribution < 1.29 is 9.18 Å². The highest BCUT2D eigenvalue weighted by atomic mass is 79.9. The molecule has 2 nitrogen and oxygen atoms in total. The summed E-state index contributed by atoms with van der Waals surface area (Å²) in [7, 11) is 0. The molecule has 0 aliphatic carbocycles. The molecule has 0 saturated heterocycles. The van der Waals surface area contributed by atoms with Gasteiger partial charge in [0.1, 0.15) is 5.82 Å². The maximum absolute atomic E-state index is 13.0. The van der Waals surface area contributed by atoms with Crippen LogP contribution in [0.15, 0.2) is 18.2 Å². The van der Waals surface area contributed by atoms with E-state index in [1.54, 1.807) is 26.8 Å². The van der Waals surface area contributed by atoms with Gasteiger partial charge in [-0.25, -0.2) is 4.39 Å². The van der Waals surface area contributed by atoms with Crippen LogP contribution in [0.5, 0.6) is 0 Å². The summed E-state index contributed by atoms with van der Waals surface area (Å²) in [4.78, 5) is 11.6. The SMILES string of the molecule is Cc1cc(F)cc(NC(=O)C(C)(C)Br)c1. The van der Waals surface area contributed by atoms with Gasteiger partial charge in [-0.05, 0) is 44.5 Å². The molecule has 0 heterocycles. The lowest BCUT2D eigenvalue weighted by Crippen LogP contribution is -2.31. The Morgan fingerprint density at radius 3 is 2.47 bits per heavy atom. The summed E-state index contributed by atoms with van der Waals surface area (Å²) in [5.74, 6) is -0.551. The van der Waals surface area contributed by atoms with Crippen LogP contribution in [-0.2, 0) is 4.79 Å². The lowest BCUT2D eigenvalue weighted by molar-refractivity contribution is -0.117. The first-order chi connectivity index (χ1) is 6.79. The molecule has 15 heavy (non-hydrogen) atoms. The van der Waals surface area contributed by atoms with Crippen LogP contribution in [-0.4, -0.2) is 10.2 Å². The molecular weight excluding hydrogens is 261 g/mol. The third-order valence-corrected chi connectivity index (χ3v) is 2.20. The molecule has 0 unspecified atom stereocenters. The Morgan fingerprint density at radius 2 is 2.00 bits per heavy atom. The molecule has 1 N–H and O–H groups in total. The zero-order valence-corrected chi connectivity index (χ0v) is 10.5. The van der Waals surface area contributed by atoms with Gasteiger partial charge < -0.3 is 5.32 Å². The number of hydrogen-bond acceptors (Lipinski definition) is 1. The summed E-state index contributed by atoms with van der Waals surface area (Å²) in [6, 6.07) is 4.43. The number of halogens is 2. The zero-order valence-electron chi connectivity index (χ0n) is 8.90. The summed E-state index contributed by atoms with van der Waals surface area (Å²) in [6.07, 6.45) is 0. The van der Waals surface area contributed by atoms with Gasteiger partial charge in [0.2, 0.25) is 5.91 Å². The van der Waals surface area contributed by atoms with Crippen molar-refractivity contribution in [1.82, 2.24) is 0 Å². The molecule has 1 amide bonds. The van der Waals surface area contributed by atoms with Gasteiger partial charge in [-0.2, -0.15) is 0 Å². The van der Waals surface area contributed by atoms with Crippen LogP contribution >= 0.6 is 15.9 Å². The molecule has 1 aromatic rings. The number of carbonyl (C=O) groups excluding carboxylic acids is 1. The number of benzene rings is 1. The predicted molar refractivity (Wildman–Crippen MR) is 62.8 cm³/mol. The Labute approximate surface area is 97.0 Å². The molecule has 0 saturated carbocycles. The quantitative estimate of drug-likeness (QED) is 0.824. The summed E-state index contributed by atoms with van der Waals surface area (Å²) in [5.41, 5.74) is 1.25. The van der Waals surface area contributed by atoms with Crippen LogP contribution < -0.4 is 5.32 Å². The van der Waals surface area contributed by atoms with E-state index in [-0.39, 0.29) is 11.7 Å². The fourth-order valence-corrected chi connectivity index (χ4v) is 1.19. The number of amides is 1. The third-order valence-electron chi connectivity index (χ3n) is 1.84. The number of nitrogens with one attached hydrogen (secondary N) is 1. The predicted octanol–water partition coefficient (Wildman–Crippen LogP) is 3.25. The van der Waals surface area contributed by atoms with E-state index >= 15 is 0 Å². The first-order valence-corrected chi connectivity index (χ1v) is 5.36. The van der Waals surface area contributed by atoms with E-state index in [1.807, 2.05) is 0 Å². The lowest BCUT2D eigenvalue weighted by atomic mass is 10.1. The van der Waals surface area contributed by atoms with E-state index in [1.165, 1.54) is 12.1 Å². The number of alkyl halides is 1. The van der Waals surface area contributed by atoms with Gasteiger partial charge in [-0.1, -0.05) is 15.9 Å². The number of aryl methyl sites for hydroxylation is 1. The second-order valence-electron chi connectivity index (χ2n) is 3.94. The Kier molecular flexibility index (Phi) is 3.50. The molecule has 0 aromatic heterocycles. The highest BCUT2D eigenvalue weighted by Gasteiger charge is 2.23.